The Kier molecular flexibility index (Phi) is 3.64. The summed E-state index contributed by atoms with van der Waals surface area (Å²) in [6.07, 6.45) is 0.424. The second-order valence-corrected chi connectivity index (χ2v) is 4.76. The lowest BCUT2D eigenvalue weighted by Crippen LogP contribution is -2.18. The molecule has 0 aliphatic heterocycles. The van der Waals surface area contributed by atoms with Crippen LogP contribution in [0, 0.1) is 0 Å². The van der Waals surface area contributed by atoms with E-state index in [2.05, 4.69) is 20.8 Å². The summed E-state index contributed by atoms with van der Waals surface area (Å²) in [6, 6.07) is 7.78. The molecule has 82 valence electrons. The van der Waals surface area contributed by atoms with Gasteiger partial charge in [-0.1, -0.05) is 45.0 Å². The van der Waals surface area contributed by atoms with Gasteiger partial charge in [0.25, 0.3) is 0 Å². The Hall–Kier alpha value is -1.15. The molecule has 0 bridgehead atoms. The van der Waals surface area contributed by atoms with E-state index in [-0.39, 0.29) is 11.2 Å². The van der Waals surface area contributed by atoms with Crippen molar-refractivity contribution in [2.24, 2.45) is 5.73 Å². The molecule has 0 saturated carbocycles. The van der Waals surface area contributed by atoms with Crippen molar-refractivity contribution in [2.45, 2.75) is 32.6 Å². The van der Waals surface area contributed by atoms with E-state index in [0.29, 0.717) is 13.0 Å². The van der Waals surface area contributed by atoms with E-state index in [1.807, 2.05) is 24.3 Å². The molecule has 1 rings (SSSR count). The molecule has 0 heterocycles. The number of ketones is 1. The van der Waals surface area contributed by atoms with E-state index in [0.717, 1.165) is 11.1 Å². The molecule has 0 radical (unpaired) electrons. The molecule has 2 heteroatoms. The number of Topliss-reactive ketones (excluding diaryl/α,β-unsaturated/α-hetero) is 1. The highest BCUT2D eigenvalue weighted by Gasteiger charge is 2.20. The van der Waals surface area contributed by atoms with Crippen molar-refractivity contribution in [3.63, 3.8) is 0 Å². The average molecular weight is 205 g/mol. The summed E-state index contributed by atoms with van der Waals surface area (Å²) in [5.74, 6) is 0.142. The van der Waals surface area contributed by atoms with E-state index in [4.69, 9.17) is 5.73 Å². The molecular weight excluding hydrogens is 186 g/mol. The number of nitrogens with two attached hydrogens (primary N) is 1. The van der Waals surface area contributed by atoms with Crippen LogP contribution < -0.4 is 5.73 Å². The standard InChI is InChI=1S/C13H19NO/c1-13(2,3)11-7-5-4-6-10(11)12(15)8-9-14/h4-7H,8-9,14H2,1-3H3. The monoisotopic (exact) mass is 205 g/mol. The lowest BCUT2D eigenvalue weighted by Gasteiger charge is -2.22. The predicted octanol–water partition coefficient (Wildman–Crippen LogP) is 2.52. The maximum absolute atomic E-state index is 11.8. The molecule has 15 heavy (non-hydrogen) atoms. The van der Waals surface area contributed by atoms with Crippen LogP contribution in [0.5, 0.6) is 0 Å². The molecule has 0 saturated heterocycles. The highest BCUT2D eigenvalue weighted by Crippen LogP contribution is 2.26. The fourth-order valence-electron chi connectivity index (χ4n) is 1.65. The highest BCUT2D eigenvalue weighted by atomic mass is 16.1. The first kappa shape index (κ1) is 11.9. The smallest absolute Gasteiger partial charge is 0.164 e. The second-order valence-electron chi connectivity index (χ2n) is 4.76. The number of carbonyl (C=O) groups excluding carboxylic acids is 1. The highest BCUT2D eigenvalue weighted by molar-refractivity contribution is 5.97. The SMILES string of the molecule is CC(C)(C)c1ccccc1C(=O)CCN. The molecule has 0 spiro atoms. The zero-order valence-electron chi connectivity index (χ0n) is 9.71. The summed E-state index contributed by atoms with van der Waals surface area (Å²) in [4.78, 5) is 11.8. The number of hydrogen-bond donors (Lipinski definition) is 1. The van der Waals surface area contributed by atoms with E-state index in [1.54, 1.807) is 0 Å². The fourth-order valence-corrected chi connectivity index (χ4v) is 1.65. The van der Waals surface area contributed by atoms with Gasteiger partial charge in [0.15, 0.2) is 5.78 Å². The van der Waals surface area contributed by atoms with Crippen LogP contribution in [-0.4, -0.2) is 12.3 Å². The summed E-state index contributed by atoms with van der Waals surface area (Å²) in [5, 5.41) is 0. The Morgan fingerprint density at radius 2 is 1.87 bits per heavy atom. The molecule has 2 nitrogen and oxygen atoms in total. The number of carbonyl (C=O) groups is 1. The van der Waals surface area contributed by atoms with Gasteiger partial charge < -0.3 is 5.73 Å². The molecule has 0 aliphatic carbocycles. The van der Waals surface area contributed by atoms with E-state index in [1.165, 1.54) is 0 Å². The number of rotatable bonds is 3. The van der Waals surface area contributed by atoms with E-state index in [9.17, 15) is 4.79 Å². The Morgan fingerprint density at radius 1 is 1.27 bits per heavy atom. The van der Waals surface area contributed by atoms with Crippen molar-refractivity contribution in [3.05, 3.63) is 35.4 Å². The van der Waals surface area contributed by atoms with Gasteiger partial charge in [0.2, 0.25) is 0 Å². The van der Waals surface area contributed by atoms with Crippen LogP contribution in [0.3, 0.4) is 0 Å². The van der Waals surface area contributed by atoms with Crippen molar-refractivity contribution in [3.8, 4) is 0 Å². The summed E-state index contributed by atoms with van der Waals surface area (Å²) >= 11 is 0. The average Bonchev–Trinajstić information content (AvgIpc) is 2.17. The minimum Gasteiger partial charge on any atom is -0.330 e. The van der Waals surface area contributed by atoms with Crippen LogP contribution in [0.2, 0.25) is 0 Å². The van der Waals surface area contributed by atoms with Crippen molar-refractivity contribution in [2.75, 3.05) is 6.54 Å². The van der Waals surface area contributed by atoms with Gasteiger partial charge in [-0.3, -0.25) is 4.79 Å². The van der Waals surface area contributed by atoms with Crippen molar-refractivity contribution < 1.29 is 4.79 Å². The Morgan fingerprint density at radius 3 is 2.40 bits per heavy atom. The number of benzene rings is 1. The van der Waals surface area contributed by atoms with Crippen molar-refractivity contribution in [1.82, 2.24) is 0 Å². The van der Waals surface area contributed by atoms with Crippen molar-refractivity contribution in [1.29, 1.82) is 0 Å². The molecule has 0 aromatic heterocycles. The van der Waals surface area contributed by atoms with Gasteiger partial charge >= 0.3 is 0 Å². The van der Waals surface area contributed by atoms with Crippen LogP contribution in [0.25, 0.3) is 0 Å². The molecular formula is C13H19NO. The van der Waals surface area contributed by atoms with Crippen LogP contribution >= 0.6 is 0 Å². The van der Waals surface area contributed by atoms with Gasteiger partial charge in [0, 0.05) is 12.0 Å². The minimum atomic E-state index is 0.000845. The zero-order valence-corrected chi connectivity index (χ0v) is 9.71. The van der Waals surface area contributed by atoms with Gasteiger partial charge in [-0.05, 0) is 17.5 Å². The van der Waals surface area contributed by atoms with Crippen LogP contribution in [0.15, 0.2) is 24.3 Å². The van der Waals surface area contributed by atoms with E-state index >= 15 is 0 Å². The maximum atomic E-state index is 11.8. The molecule has 0 atom stereocenters. The van der Waals surface area contributed by atoms with Crippen molar-refractivity contribution >= 4 is 5.78 Å². The molecule has 1 aromatic carbocycles. The molecule has 0 amide bonds. The first-order valence-corrected chi connectivity index (χ1v) is 5.29. The van der Waals surface area contributed by atoms with Gasteiger partial charge in [0.1, 0.15) is 0 Å². The summed E-state index contributed by atoms with van der Waals surface area (Å²) < 4.78 is 0. The van der Waals surface area contributed by atoms with Gasteiger partial charge in [-0.15, -0.1) is 0 Å². The maximum Gasteiger partial charge on any atom is 0.164 e. The predicted molar refractivity (Wildman–Crippen MR) is 63.1 cm³/mol. The molecule has 2 N–H and O–H groups in total. The Bertz CT molecular complexity index is 350. The van der Waals surface area contributed by atoms with Crippen LogP contribution in [0.1, 0.15) is 43.1 Å². The Labute approximate surface area is 91.5 Å². The third-order valence-electron chi connectivity index (χ3n) is 2.41. The van der Waals surface area contributed by atoms with Gasteiger partial charge in [-0.2, -0.15) is 0 Å². The normalized spacial score (nSPS) is 11.5. The summed E-state index contributed by atoms with van der Waals surface area (Å²) in [7, 11) is 0. The molecule has 0 fully saturated rings. The lowest BCUT2D eigenvalue weighted by atomic mass is 9.82. The summed E-state index contributed by atoms with van der Waals surface area (Å²) in [5.41, 5.74) is 7.32. The third-order valence-corrected chi connectivity index (χ3v) is 2.41. The van der Waals surface area contributed by atoms with Gasteiger partial charge in [0.05, 0.1) is 0 Å². The number of hydrogen-bond acceptors (Lipinski definition) is 2. The second kappa shape index (κ2) is 4.58. The Balaban J connectivity index is 3.12. The summed E-state index contributed by atoms with van der Waals surface area (Å²) in [6.45, 7) is 6.75. The fraction of sp³-hybridized carbons (Fsp3) is 0.462. The quantitative estimate of drug-likeness (QED) is 0.770. The lowest BCUT2D eigenvalue weighted by molar-refractivity contribution is 0.0983. The minimum absolute atomic E-state index is 0.000845. The first-order valence-electron chi connectivity index (χ1n) is 5.29. The third kappa shape index (κ3) is 2.90. The first-order chi connectivity index (χ1) is 6.96. The topological polar surface area (TPSA) is 43.1 Å². The molecule has 1 aromatic rings. The van der Waals surface area contributed by atoms with Gasteiger partial charge in [-0.25, -0.2) is 0 Å². The largest absolute Gasteiger partial charge is 0.330 e. The van der Waals surface area contributed by atoms with E-state index < -0.39 is 0 Å². The zero-order chi connectivity index (χ0) is 11.5. The van der Waals surface area contributed by atoms with Crippen LogP contribution in [-0.2, 0) is 5.41 Å². The molecule has 0 unspecified atom stereocenters. The van der Waals surface area contributed by atoms with Crippen LogP contribution in [0.4, 0.5) is 0 Å². The molecule has 0 aliphatic rings.